The van der Waals surface area contributed by atoms with Gasteiger partial charge in [0.2, 0.25) is 4.77 Å². The maximum atomic E-state index is 9.14. The zero-order chi connectivity index (χ0) is 18.7. The topological polar surface area (TPSA) is 83.9 Å². The van der Waals surface area contributed by atoms with Crippen molar-refractivity contribution in [3.05, 3.63) is 63.4 Å². The maximum Gasteiger partial charge on any atom is 0.216 e. The molecular weight excluding hydrogens is 348 g/mol. The molecular formula is C18H18N6OS. The summed E-state index contributed by atoms with van der Waals surface area (Å²) in [7, 11) is 3.49. The summed E-state index contributed by atoms with van der Waals surface area (Å²) in [5.41, 5.74) is 3.47. The Morgan fingerprint density at radius 2 is 2.12 bits per heavy atom. The summed E-state index contributed by atoms with van der Waals surface area (Å²) in [4.78, 5) is 0. The largest absolute Gasteiger partial charge is 0.497 e. The van der Waals surface area contributed by atoms with Crippen molar-refractivity contribution in [1.29, 1.82) is 5.26 Å². The normalized spacial score (nSPS) is 11.0. The van der Waals surface area contributed by atoms with Crippen LogP contribution in [0.25, 0.3) is 0 Å². The second-order valence-electron chi connectivity index (χ2n) is 5.77. The van der Waals surface area contributed by atoms with E-state index in [-0.39, 0.29) is 0 Å². The third-order valence-corrected chi connectivity index (χ3v) is 4.50. The Morgan fingerprint density at radius 3 is 2.73 bits per heavy atom. The van der Waals surface area contributed by atoms with Crippen molar-refractivity contribution >= 4 is 18.4 Å². The number of nitrogens with one attached hydrogen (secondary N) is 1. The van der Waals surface area contributed by atoms with E-state index < -0.39 is 0 Å². The van der Waals surface area contributed by atoms with Gasteiger partial charge in [-0.2, -0.15) is 20.1 Å². The summed E-state index contributed by atoms with van der Waals surface area (Å²) in [6.07, 6.45) is 2.27. The first kappa shape index (κ1) is 17.6. The van der Waals surface area contributed by atoms with Crippen LogP contribution in [0.5, 0.6) is 5.75 Å². The lowest BCUT2D eigenvalue weighted by Crippen LogP contribution is -2.01. The molecule has 0 amide bonds. The number of nitrogens with zero attached hydrogens (tertiary/aromatic N) is 5. The van der Waals surface area contributed by atoms with E-state index in [1.165, 1.54) is 0 Å². The number of hydrogen-bond donors (Lipinski definition) is 1. The van der Waals surface area contributed by atoms with Crippen LogP contribution in [-0.4, -0.2) is 32.8 Å². The highest BCUT2D eigenvalue weighted by Gasteiger charge is 2.09. The van der Waals surface area contributed by atoms with Gasteiger partial charge in [-0.1, -0.05) is 12.1 Å². The lowest BCUT2D eigenvalue weighted by Gasteiger charge is -2.03. The summed E-state index contributed by atoms with van der Waals surface area (Å²) < 4.78 is 9.01. The average molecular weight is 366 g/mol. The molecule has 0 fully saturated rings. The Morgan fingerprint density at radius 1 is 1.38 bits per heavy atom. The molecule has 1 N–H and O–H groups in total. The van der Waals surface area contributed by atoms with E-state index >= 15 is 0 Å². The molecule has 0 aliphatic carbocycles. The number of rotatable bonds is 5. The van der Waals surface area contributed by atoms with Gasteiger partial charge in [0, 0.05) is 24.7 Å². The molecule has 0 saturated heterocycles. The van der Waals surface area contributed by atoms with Gasteiger partial charge in [-0.15, -0.1) is 0 Å². The van der Waals surface area contributed by atoms with Crippen LogP contribution in [-0.2, 0) is 13.5 Å². The average Bonchev–Trinajstić information content (AvgIpc) is 3.14. The molecule has 0 radical (unpaired) electrons. The molecule has 0 saturated carbocycles. The fourth-order valence-corrected chi connectivity index (χ4v) is 2.76. The molecule has 132 valence electrons. The third-order valence-electron chi connectivity index (χ3n) is 4.24. The van der Waals surface area contributed by atoms with E-state index in [1.807, 2.05) is 42.8 Å². The first-order chi connectivity index (χ1) is 12.5. The van der Waals surface area contributed by atoms with Gasteiger partial charge < -0.3 is 9.30 Å². The molecule has 8 heteroatoms. The smallest absolute Gasteiger partial charge is 0.216 e. The summed E-state index contributed by atoms with van der Waals surface area (Å²) in [6, 6.07) is 11.7. The van der Waals surface area contributed by atoms with E-state index in [1.54, 1.807) is 24.1 Å². The Kier molecular flexibility index (Phi) is 5.00. The van der Waals surface area contributed by atoms with Crippen LogP contribution < -0.4 is 4.74 Å². The second-order valence-corrected chi connectivity index (χ2v) is 6.15. The molecule has 7 nitrogen and oxygen atoms in total. The number of aromatic amines is 1. The van der Waals surface area contributed by atoms with Gasteiger partial charge in [0.15, 0.2) is 5.82 Å². The Bertz CT molecular complexity index is 1050. The third kappa shape index (κ3) is 3.43. The number of aromatic nitrogens is 4. The molecule has 3 rings (SSSR count). The van der Waals surface area contributed by atoms with E-state index in [4.69, 9.17) is 22.2 Å². The minimum atomic E-state index is 0.416. The van der Waals surface area contributed by atoms with Crippen molar-refractivity contribution in [2.45, 2.75) is 13.3 Å². The van der Waals surface area contributed by atoms with Gasteiger partial charge in [0.25, 0.3) is 0 Å². The van der Waals surface area contributed by atoms with Gasteiger partial charge in [-0.25, -0.2) is 0 Å². The summed E-state index contributed by atoms with van der Waals surface area (Å²) in [6.45, 7) is 1.94. The lowest BCUT2D eigenvalue weighted by atomic mass is 10.1. The monoisotopic (exact) mass is 366 g/mol. The van der Waals surface area contributed by atoms with Crippen LogP contribution in [0.15, 0.2) is 35.4 Å². The zero-order valence-corrected chi connectivity index (χ0v) is 15.5. The summed E-state index contributed by atoms with van der Waals surface area (Å²) in [5.74, 6) is 1.50. The summed E-state index contributed by atoms with van der Waals surface area (Å²) in [5, 5.41) is 20.6. The minimum Gasteiger partial charge on any atom is -0.497 e. The fraction of sp³-hybridized carbons (Fsp3) is 0.222. The number of H-pyrrole nitrogens is 1. The number of nitriles is 1. The molecule has 0 bridgehead atoms. The SMILES string of the molecule is COc1ccc(Cc2n[nH]c(=S)n2/N=C\c2cc(C#N)n(C)c2C)cc1. The predicted molar refractivity (Wildman–Crippen MR) is 101 cm³/mol. The van der Waals surface area contributed by atoms with E-state index in [0.29, 0.717) is 22.7 Å². The van der Waals surface area contributed by atoms with Gasteiger partial charge in [-0.3, -0.25) is 5.10 Å². The van der Waals surface area contributed by atoms with Crippen molar-refractivity contribution in [2.24, 2.45) is 12.1 Å². The Hall–Kier alpha value is -3.18. The van der Waals surface area contributed by atoms with Crippen molar-refractivity contribution in [2.75, 3.05) is 7.11 Å². The highest BCUT2D eigenvalue weighted by molar-refractivity contribution is 7.71. The van der Waals surface area contributed by atoms with Crippen LogP contribution in [0.2, 0.25) is 0 Å². The number of methoxy groups -OCH3 is 1. The molecule has 0 aliphatic rings. The molecule has 0 unspecified atom stereocenters. The molecule has 0 spiro atoms. The maximum absolute atomic E-state index is 9.14. The Labute approximate surface area is 156 Å². The van der Waals surface area contributed by atoms with Crippen LogP contribution in [0.1, 0.15) is 28.3 Å². The van der Waals surface area contributed by atoms with Crippen molar-refractivity contribution in [3.8, 4) is 11.8 Å². The summed E-state index contributed by atoms with van der Waals surface area (Å²) >= 11 is 5.28. The molecule has 2 aromatic heterocycles. The van der Waals surface area contributed by atoms with E-state index in [0.717, 1.165) is 22.6 Å². The fourth-order valence-electron chi connectivity index (χ4n) is 2.56. The number of hydrogen-bond acceptors (Lipinski definition) is 5. The van der Waals surface area contributed by atoms with Gasteiger partial charge in [0.1, 0.15) is 17.5 Å². The van der Waals surface area contributed by atoms with E-state index in [2.05, 4.69) is 21.4 Å². The highest BCUT2D eigenvalue weighted by Crippen LogP contribution is 2.15. The van der Waals surface area contributed by atoms with Crippen molar-refractivity contribution in [1.82, 2.24) is 19.4 Å². The molecule has 3 aromatic rings. The molecule has 1 aromatic carbocycles. The standard InChI is InChI=1S/C18H18N6OS/c1-12-14(9-15(10-19)23(12)2)11-20-24-17(21-22-18(24)26)8-13-4-6-16(25-3)7-5-13/h4-7,9,11H,8H2,1-3H3,(H,22,26)/b20-11-. The second kappa shape index (κ2) is 7.37. The zero-order valence-electron chi connectivity index (χ0n) is 14.7. The molecule has 2 heterocycles. The van der Waals surface area contributed by atoms with Crippen LogP contribution in [0.3, 0.4) is 0 Å². The van der Waals surface area contributed by atoms with E-state index in [9.17, 15) is 0 Å². The molecule has 0 atom stereocenters. The molecule has 0 aliphatic heterocycles. The first-order valence-corrected chi connectivity index (χ1v) is 8.34. The van der Waals surface area contributed by atoms with Gasteiger partial charge >= 0.3 is 0 Å². The first-order valence-electron chi connectivity index (χ1n) is 7.93. The van der Waals surface area contributed by atoms with Crippen LogP contribution in [0, 0.1) is 23.0 Å². The quantitative estimate of drug-likeness (QED) is 0.556. The molecule has 26 heavy (non-hydrogen) atoms. The lowest BCUT2D eigenvalue weighted by molar-refractivity contribution is 0.414. The van der Waals surface area contributed by atoms with Gasteiger partial charge in [-0.05, 0) is 42.9 Å². The highest BCUT2D eigenvalue weighted by atomic mass is 32.1. The number of ether oxygens (including phenoxy) is 1. The predicted octanol–water partition coefficient (Wildman–Crippen LogP) is 2.94. The number of benzene rings is 1. The van der Waals surface area contributed by atoms with Crippen molar-refractivity contribution < 1.29 is 4.74 Å². The van der Waals surface area contributed by atoms with Gasteiger partial charge in [0.05, 0.1) is 13.3 Å². The van der Waals surface area contributed by atoms with Crippen LogP contribution in [0.4, 0.5) is 0 Å². The Balaban J connectivity index is 1.88. The van der Waals surface area contributed by atoms with Crippen LogP contribution >= 0.6 is 12.2 Å². The minimum absolute atomic E-state index is 0.416. The van der Waals surface area contributed by atoms with Crippen molar-refractivity contribution in [3.63, 3.8) is 0 Å².